The van der Waals surface area contributed by atoms with E-state index < -0.39 is 0 Å². The standard InChI is InChI=1S/3C17H18N3.3C2H6.3Y/c3*1-2-5-14(6-3-1)17-11-15(17)12-20(13-17)10-7-16-18-8-4-9-19-16;3*1-2;;;/h3*1-6,8,15H,7,10-13H2;3*1-2H3;;;/q3*-1;;;;;;/t3*15-,17?;;;;;;/m110....../s1. The van der Waals surface area contributed by atoms with Gasteiger partial charge in [0.2, 0.25) is 0 Å². The molecule has 3 aliphatic heterocycles. The van der Waals surface area contributed by atoms with Crippen LogP contribution in [0.25, 0.3) is 0 Å². The topological polar surface area (TPSA) is 87.1 Å². The number of aromatic nitrogens is 6. The average molecular weight is 1150 g/mol. The summed E-state index contributed by atoms with van der Waals surface area (Å²) in [4.78, 5) is 33.1. The van der Waals surface area contributed by atoms with Crippen LogP contribution in [0.4, 0.5) is 0 Å². The monoisotopic (exact) mass is 1150 g/mol. The van der Waals surface area contributed by atoms with Crippen LogP contribution in [0.1, 0.15) is 95.0 Å². The summed E-state index contributed by atoms with van der Waals surface area (Å²) >= 11 is 0. The number of likely N-dealkylation sites (tertiary alicyclic amines) is 3. The first-order chi connectivity index (χ1) is 32.6. The minimum absolute atomic E-state index is 0. The van der Waals surface area contributed by atoms with E-state index in [0.717, 1.165) is 74.1 Å². The maximum absolute atomic E-state index is 4.28. The molecule has 0 N–H and O–H groups in total. The van der Waals surface area contributed by atoms with Crippen molar-refractivity contribution in [3.63, 3.8) is 0 Å². The van der Waals surface area contributed by atoms with Crippen LogP contribution in [0.2, 0.25) is 0 Å². The molecule has 6 heterocycles. The van der Waals surface area contributed by atoms with E-state index in [1.165, 1.54) is 75.2 Å². The normalized spacial score (nSPS) is 24.9. The largest absolute Gasteiger partial charge is 0.373 e. The van der Waals surface area contributed by atoms with Gasteiger partial charge in [0.25, 0.3) is 0 Å². The molecule has 0 spiro atoms. The zero-order valence-electron chi connectivity index (χ0n) is 42.2. The molecule has 3 saturated heterocycles. The summed E-state index contributed by atoms with van der Waals surface area (Å²) in [5.74, 6) is 5.28. The number of benzene rings is 3. The van der Waals surface area contributed by atoms with Gasteiger partial charge < -0.3 is 44.6 Å². The number of hydrogen-bond acceptors (Lipinski definition) is 9. The predicted molar refractivity (Wildman–Crippen MR) is 266 cm³/mol. The minimum Gasteiger partial charge on any atom is -0.373 e. The summed E-state index contributed by atoms with van der Waals surface area (Å²) in [6, 6.07) is 38.3. The summed E-state index contributed by atoms with van der Waals surface area (Å²) in [5.41, 5.74) is 5.92. The molecule has 357 valence electrons. The summed E-state index contributed by atoms with van der Waals surface area (Å²) < 4.78 is 0. The third-order valence-electron chi connectivity index (χ3n) is 14.3. The SMILES string of the molecule is CC.CC.CC.[Y].[Y].[Y].[c-]1ccnc(CCN2C[C@@H]3CC3(c3ccccc3)C2)n1.[c-]1ccnc(CCN2C[C@H]3CC3(c3ccccc3)C2)n1.[c-]1ccnc(CCN2C[C@H]3CC3(c3ccccc3)C2)n1. The second kappa shape index (κ2) is 29.7. The van der Waals surface area contributed by atoms with Gasteiger partial charge in [-0.25, -0.2) is 0 Å². The van der Waals surface area contributed by atoms with E-state index in [-0.39, 0.29) is 98.1 Å². The fourth-order valence-electron chi connectivity index (χ4n) is 11.0. The molecule has 12 rings (SSSR count). The van der Waals surface area contributed by atoms with Gasteiger partial charge in [0.15, 0.2) is 0 Å². The summed E-state index contributed by atoms with van der Waals surface area (Å²) in [7, 11) is 0. The van der Waals surface area contributed by atoms with Gasteiger partial charge in [0.1, 0.15) is 0 Å². The average Bonchev–Trinajstić information content (AvgIpc) is 4.33. The van der Waals surface area contributed by atoms with Gasteiger partial charge in [-0.1, -0.05) is 170 Å². The molecule has 3 aromatic carbocycles. The van der Waals surface area contributed by atoms with E-state index in [9.17, 15) is 0 Å². The number of hydrogen-bond donors (Lipinski definition) is 0. The molecular weight excluding hydrogens is 1080 g/mol. The maximum atomic E-state index is 4.28. The second-order valence-corrected chi connectivity index (χ2v) is 18.0. The van der Waals surface area contributed by atoms with E-state index >= 15 is 0 Å². The molecule has 6 aromatic rings. The van der Waals surface area contributed by atoms with Crippen molar-refractivity contribution in [1.82, 2.24) is 44.6 Å². The third kappa shape index (κ3) is 15.3. The molecule has 6 fully saturated rings. The van der Waals surface area contributed by atoms with Crippen molar-refractivity contribution in [2.45, 2.75) is 96.3 Å². The first-order valence-corrected chi connectivity index (χ1v) is 25.0. The number of rotatable bonds is 12. The van der Waals surface area contributed by atoms with Crippen LogP contribution in [-0.4, -0.2) is 104 Å². The van der Waals surface area contributed by atoms with Crippen LogP contribution < -0.4 is 0 Å². The van der Waals surface area contributed by atoms with Gasteiger partial charge in [0, 0.05) is 171 Å². The molecule has 9 nitrogen and oxygen atoms in total. The van der Waals surface area contributed by atoms with Gasteiger partial charge in [-0.2, -0.15) is 0 Å². The Bertz CT molecular complexity index is 2030. The molecule has 3 saturated carbocycles. The number of nitrogens with zero attached hydrogens (tertiary/aromatic N) is 9. The quantitative estimate of drug-likeness (QED) is 0.111. The second-order valence-electron chi connectivity index (χ2n) is 18.0. The van der Waals surface area contributed by atoms with Crippen molar-refractivity contribution in [3.05, 3.63) is 181 Å². The first kappa shape index (κ1) is 59.7. The maximum Gasteiger partial charge on any atom is 0.0148 e. The molecule has 0 bridgehead atoms. The fourth-order valence-corrected chi connectivity index (χ4v) is 11.0. The fraction of sp³-hybridized carbons (Fsp3) is 0.474. The molecule has 6 atom stereocenters. The Balaban J connectivity index is 0.000000209. The molecule has 69 heavy (non-hydrogen) atoms. The van der Waals surface area contributed by atoms with Crippen molar-refractivity contribution in [2.24, 2.45) is 17.8 Å². The van der Waals surface area contributed by atoms with Gasteiger partial charge in [0.05, 0.1) is 0 Å². The Labute approximate surface area is 490 Å². The summed E-state index contributed by atoms with van der Waals surface area (Å²) in [5, 5.41) is 0. The molecule has 0 amide bonds. The van der Waals surface area contributed by atoms with Crippen LogP contribution in [0.3, 0.4) is 0 Å². The summed E-state index contributed by atoms with van der Waals surface area (Å²) in [6.45, 7) is 22.4. The molecular formula is C57H72N9Y3-3. The van der Waals surface area contributed by atoms with E-state index in [2.05, 4.69) is 154 Å². The third-order valence-corrected chi connectivity index (χ3v) is 14.3. The van der Waals surface area contributed by atoms with E-state index in [4.69, 9.17) is 0 Å². The Hall–Kier alpha value is -1.91. The van der Waals surface area contributed by atoms with Gasteiger partial charge >= 0.3 is 0 Å². The van der Waals surface area contributed by atoms with Crippen molar-refractivity contribution in [1.29, 1.82) is 0 Å². The van der Waals surface area contributed by atoms with Gasteiger partial charge in [-0.15, -0.1) is 18.2 Å². The van der Waals surface area contributed by atoms with Crippen LogP contribution in [0.5, 0.6) is 0 Å². The first-order valence-electron chi connectivity index (χ1n) is 25.0. The molecule has 6 aliphatic rings. The van der Waals surface area contributed by atoms with E-state index in [1.54, 1.807) is 36.8 Å². The van der Waals surface area contributed by atoms with Crippen molar-refractivity contribution < 1.29 is 98.1 Å². The van der Waals surface area contributed by atoms with Crippen molar-refractivity contribution in [2.75, 3.05) is 58.9 Å². The van der Waals surface area contributed by atoms with Crippen LogP contribution >= 0.6 is 0 Å². The van der Waals surface area contributed by atoms with Crippen LogP contribution in [-0.2, 0) is 134 Å². The Morgan fingerprint density at radius 1 is 0.420 bits per heavy atom. The Morgan fingerprint density at radius 2 is 0.681 bits per heavy atom. The molecule has 3 radical (unpaired) electrons. The zero-order chi connectivity index (χ0) is 46.2. The van der Waals surface area contributed by atoms with E-state index in [0.29, 0.717) is 16.2 Å². The summed E-state index contributed by atoms with van der Waals surface area (Å²) in [6.07, 6.45) is 20.8. The number of piperidine rings is 3. The molecule has 3 aliphatic carbocycles. The predicted octanol–water partition coefficient (Wildman–Crippen LogP) is 9.35. The molecule has 3 unspecified atom stereocenters. The van der Waals surface area contributed by atoms with Gasteiger partial charge in [-0.3, -0.25) is 0 Å². The number of fused-ring (bicyclic) bond motifs is 3. The van der Waals surface area contributed by atoms with Crippen molar-refractivity contribution >= 4 is 0 Å². The van der Waals surface area contributed by atoms with Crippen LogP contribution in [0.15, 0.2) is 128 Å². The zero-order valence-corrected chi connectivity index (χ0v) is 50.7. The van der Waals surface area contributed by atoms with Crippen molar-refractivity contribution in [3.8, 4) is 0 Å². The minimum atomic E-state index is 0. The van der Waals surface area contributed by atoms with Gasteiger partial charge in [-0.05, 0) is 92.6 Å². The Morgan fingerprint density at radius 3 is 0.913 bits per heavy atom. The molecule has 12 heteroatoms. The smallest absolute Gasteiger partial charge is 0.0148 e. The molecule has 3 aromatic heterocycles. The van der Waals surface area contributed by atoms with E-state index in [1.807, 2.05) is 41.5 Å². The Kier molecular flexibility index (Phi) is 25.7. The van der Waals surface area contributed by atoms with Crippen LogP contribution in [0, 0.1) is 36.3 Å².